The summed E-state index contributed by atoms with van der Waals surface area (Å²) in [5, 5.41) is 11.1. The highest BCUT2D eigenvalue weighted by atomic mass is 35.5. The van der Waals surface area contributed by atoms with Gasteiger partial charge >= 0.3 is 0 Å². The third-order valence-corrected chi connectivity index (χ3v) is 6.25. The zero-order chi connectivity index (χ0) is 24.1. The first-order valence-corrected chi connectivity index (χ1v) is 11.5. The second-order valence-electron chi connectivity index (χ2n) is 6.79. The fraction of sp³-hybridized carbons (Fsp3) is 0. The molecule has 0 bridgehead atoms. The van der Waals surface area contributed by atoms with E-state index in [-0.39, 0.29) is 26.7 Å². The van der Waals surface area contributed by atoms with Gasteiger partial charge in [0.05, 0.1) is 26.9 Å². The van der Waals surface area contributed by atoms with E-state index < -0.39 is 21.8 Å². The molecule has 0 saturated heterocycles. The lowest BCUT2D eigenvalue weighted by Gasteiger charge is -2.12. The lowest BCUT2D eigenvalue weighted by atomic mass is 10.1. The number of carbonyl (C=O) groups excluding carboxylic acids is 2. The van der Waals surface area contributed by atoms with Crippen molar-refractivity contribution in [3.05, 3.63) is 95.3 Å². The maximum Gasteiger partial charge on any atom is 0.271 e. The molecule has 0 spiro atoms. The van der Waals surface area contributed by atoms with Crippen LogP contribution in [0.5, 0.6) is 0 Å². The minimum atomic E-state index is -4.02. The number of tetrazole rings is 1. The molecule has 4 rings (SSSR count). The number of rotatable bonds is 6. The molecule has 0 fully saturated rings. The van der Waals surface area contributed by atoms with Crippen LogP contribution in [0.4, 0.5) is 5.69 Å². The van der Waals surface area contributed by atoms with Crippen molar-refractivity contribution in [3.63, 3.8) is 0 Å². The molecule has 1 heterocycles. The van der Waals surface area contributed by atoms with E-state index in [1.807, 2.05) is 0 Å². The number of benzene rings is 3. The van der Waals surface area contributed by atoms with Gasteiger partial charge in [0.2, 0.25) is 0 Å². The van der Waals surface area contributed by atoms with Crippen molar-refractivity contribution in [2.75, 3.05) is 4.72 Å². The van der Waals surface area contributed by atoms with Gasteiger partial charge in [0, 0.05) is 5.56 Å². The van der Waals surface area contributed by atoms with Crippen LogP contribution in [-0.2, 0) is 10.0 Å². The van der Waals surface area contributed by atoms with Gasteiger partial charge in [0.25, 0.3) is 21.8 Å². The van der Waals surface area contributed by atoms with Crippen LogP contribution in [0.3, 0.4) is 0 Å². The van der Waals surface area contributed by atoms with Crippen molar-refractivity contribution < 1.29 is 18.0 Å². The number of anilines is 1. The van der Waals surface area contributed by atoms with Gasteiger partial charge in [-0.3, -0.25) is 25.2 Å². The molecule has 0 aliphatic heterocycles. The summed E-state index contributed by atoms with van der Waals surface area (Å²) in [4.78, 5) is 25.1. The topological polar surface area (TPSA) is 148 Å². The number of aromatic nitrogens is 4. The number of sulfonamides is 1. The highest BCUT2D eigenvalue weighted by molar-refractivity contribution is 7.92. The molecular formula is C21H16ClN7O4S. The number of halogens is 1. The molecule has 4 aromatic rings. The Morgan fingerprint density at radius 3 is 2.38 bits per heavy atom. The average Bonchev–Trinajstić information content (AvgIpc) is 3.39. The largest absolute Gasteiger partial charge is 0.278 e. The Labute approximate surface area is 198 Å². The van der Waals surface area contributed by atoms with E-state index in [1.54, 1.807) is 36.4 Å². The van der Waals surface area contributed by atoms with E-state index in [9.17, 15) is 18.0 Å². The van der Waals surface area contributed by atoms with E-state index in [2.05, 4.69) is 31.1 Å². The number of hydrogen-bond donors (Lipinski definition) is 3. The molecule has 3 aromatic carbocycles. The molecule has 0 unspecified atom stereocenters. The van der Waals surface area contributed by atoms with Gasteiger partial charge in [-0.05, 0) is 52.9 Å². The summed E-state index contributed by atoms with van der Waals surface area (Å²) in [6.07, 6.45) is 1.33. The molecule has 0 saturated carbocycles. The SMILES string of the molecule is O=C(NNC(=O)c1ccccc1-n1cnnn1)c1cccc(S(=O)(=O)Nc2ccccc2Cl)c1. The van der Waals surface area contributed by atoms with Gasteiger partial charge in [-0.15, -0.1) is 5.10 Å². The Hall–Kier alpha value is -4.29. The fourth-order valence-electron chi connectivity index (χ4n) is 2.94. The fourth-order valence-corrected chi connectivity index (χ4v) is 4.31. The first kappa shape index (κ1) is 22.9. The van der Waals surface area contributed by atoms with Gasteiger partial charge < -0.3 is 0 Å². The second-order valence-corrected chi connectivity index (χ2v) is 8.88. The number of para-hydroxylation sites is 2. The van der Waals surface area contributed by atoms with E-state index in [0.29, 0.717) is 5.69 Å². The first-order chi connectivity index (χ1) is 16.3. The number of nitrogens with zero attached hydrogens (tertiary/aromatic N) is 4. The Balaban J connectivity index is 1.47. The lowest BCUT2D eigenvalue weighted by Crippen LogP contribution is -2.42. The molecular weight excluding hydrogens is 482 g/mol. The van der Waals surface area contributed by atoms with Crippen LogP contribution in [-0.4, -0.2) is 40.4 Å². The molecule has 2 amide bonds. The van der Waals surface area contributed by atoms with E-state index >= 15 is 0 Å². The maximum atomic E-state index is 12.7. The quantitative estimate of drug-likeness (QED) is 0.346. The monoisotopic (exact) mass is 497 g/mol. The molecule has 0 aliphatic rings. The molecule has 13 heteroatoms. The van der Waals surface area contributed by atoms with Gasteiger partial charge in [-0.1, -0.05) is 41.9 Å². The van der Waals surface area contributed by atoms with Gasteiger partial charge in [0.1, 0.15) is 6.33 Å². The summed E-state index contributed by atoms with van der Waals surface area (Å²) in [5.74, 6) is -1.34. The van der Waals surface area contributed by atoms with Gasteiger partial charge in [-0.2, -0.15) is 4.68 Å². The van der Waals surface area contributed by atoms with Crippen molar-refractivity contribution in [1.29, 1.82) is 0 Å². The molecule has 11 nitrogen and oxygen atoms in total. The summed E-state index contributed by atoms with van der Waals surface area (Å²) in [6.45, 7) is 0. The summed E-state index contributed by atoms with van der Waals surface area (Å²) in [5.41, 5.74) is 5.39. The van der Waals surface area contributed by atoms with Crippen molar-refractivity contribution >= 4 is 39.1 Å². The molecule has 0 aliphatic carbocycles. The molecule has 0 radical (unpaired) electrons. The van der Waals surface area contributed by atoms with Gasteiger partial charge in [0.15, 0.2) is 0 Å². The summed E-state index contributed by atoms with van der Waals surface area (Å²) < 4.78 is 29.2. The number of amides is 2. The van der Waals surface area contributed by atoms with Crippen molar-refractivity contribution in [3.8, 4) is 5.69 Å². The molecule has 172 valence electrons. The highest BCUT2D eigenvalue weighted by Crippen LogP contribution is 2.24. The molecule has 1 aromatic heterocycles. The Morgan fingerprint density at radius 2 is 1.62 bits per heavy atom. The van der Waals surface area contributed by atoms with Crippen molar-refractivity contribution in [1.82, 2.24) is 31.1 Å². The van der Waals surface area contributed by atoms with Crippen LogP contribution >= 0.6 is 11.6 Å². The molecule has 34 heavy (non-hydrogen) atoms. The standard InChI is InChI=1S/C21H16ClN7O4S/c22-17-9-2-3-10-18(17)26-34(32,33)15-7-5-6-14(12-15)20(30)24-25-21(31)16-8-1-4-11-19(16)29-13-23-27-28-29/h1-13,26H,(H,24,30)(H,25,31). The smallest absolute Gasteiger partial charge is 0.271 e. The average molecular weight is 498 g/mol. The van der Waals surface area contributed by atoms with Crippen LogP contribution in [0.25, 0.3) is 5.69 Å². The minimum absolute atomic E-state index is 0.0103. The number of hydrazine groups is 1. The Kier molecular flexibility index (Phi) is 6.52. The predicted molar refractivity (Wildman–Crippen MR) is 123 cm³/mol. The molecule has 0 atom stereocenters. The third kappa shape index (κ3) is 5.03. The molecule has 3 N–H and O–H groups in total. The van der Waals surface area contributed by atoms with E-state index in [0.717, 1.165) is 0 Å². The van der Waals surface area contributed by atoms with Crippen LogP contribution < -0.4 is 15.6 Å². The number of hydrogen-bond acceptors (Lipinski definition) is 7. The van der Waals surface area contributed by atoms with E-state index in [1.165, 1.54) is 47.4 Å². The lowest BCUT2D eigenvalue weighted by molar-refractivity contribution is 0.0846. The van der Waals surface area contributed by atoms with Crippen molar-refractivity contribution in [2.24, 2.45) is 0 Å². The number of nitrogens with one attached hydrogen (secondary N) is 3. The van der Waals surface area contributed by atoms with Crippen LogP contribution in [0.2, 0.25) is 5.02 Å². The predicted octanol–water partition coefficient (Wildman–Crippen LogP) is 2.19. The normalized spacial score (nSPS) is 11.0. The van der Waals surface area contributed by atoms with E-state index in [4.69, 9.17) is 11.6 Å². The maximum absolute atomic E-state index is 12.7. The van der Waals surface area contributed by atoms with Crippen molar-refractivity contribution in [2.45, 2.75) is 4.90 Å². The highest BCUT2D eigenvalue weighted by Gasteiger charge is 2.19. The van der Waals surface area contributed by atoms with Crippen LogP contribution in [0.1, 0.15) is 20.7 Å². The zero-order valence-electron chi connectivity index (χ0n) is 17.2. The third-order valence-electron chi connectivity index (χ3n) is 4.56. The first-order valence-electron chi connectivity index (χ1n) is 9.65. The summed E-state index contributed by atoms with van der Waals surface area (Å²) in [6, 6.07) is 18.2. The number of carbonyl (C=O) groups is 2. The van der Waals surface area contributed by atoms with Crippen LogP contribution in [0, 0.1) is 0 Å². The Bertz CT molecular complexity index is 1460. The summed E-state index contributed by atoms with van der Waals surface area (Å²) >= 11 is 6.02. The van der Waals surface area contributed by atoms with Gasteiger partial charge in [-0.25, -0.2) is 8.42 Å². The Morgan fingerprint density at radius 1 is 0.882 bits per heavy atom. The van der Waals surface area contributed by atoms with Crippen LogP contribution in [0.15, 0.2) is 84.0 Å². The zero-order valence-corrected chi connectivity index (χ0v) is 18.8. The summed E-state index contributed by atoms with van der Waals surface area (Å²) in [7, 11) is -4.02. The minimum Gasteiger partial charge on any atom is -0.278 e. The second kappa shape index (κ2) is 9.68.